The van der Waals surface area contributed by atoms with Crippen LogP contribution in [0.5, 0.6) is 0 Å². The van der Waals surface area contributed by atoms with Crippen molar-refractivity contribution in [3.63, 3.8) is 0 Å². The van der Waals surface area contributed by atoms with Gasteiger partial charge in [-0.25, -0.2) is 0 Å². The number of benzene rings is 1. The van der Waals surface area contributed by atoms with Crippen LogP contribution in [-0.2, 0) is 0 Å². The summed E-state index contributed by atoms with van der Waals surface area (Å²) < 4.78 is 0. The normalized spacial score (nSPS) is 21.9. The number of fused-ring (bicyclic) bond motifs is 1. The molecule has 17 heavy (non-hydrogen) atoms. The van der Waals surface area contributed by atoms with E-state index < -0.39 is 0 Å². The Morgan fingerprint density at radius 1 is 1.18 bits per heavy atom. The molecule has 2 nitrogen and oxygen atoms in total. The Hall–Kier alpha value is -2.09. The zero-order valence-corrected chi connectivity index (χ0v) is 9.75. The van der Waals surface area contributed by atoms with Crippen molar-refractivity contribution in [2.45, 2.75) is 6.04 Å². The summed E-state index contributed by atoms with van der Waals surface area (Å²) in [5.74, 6) is 0. The van der Waals surface area contributed by atoms with Crippen molar-refractivity contribution < 1.29 is 0 Å². The van der Waals surface area contributed by atoms with Crippen LogP contribution in [0.25, 0.3) is 0 Å². The zero-order chi connectivity index (χ0) is 11.7. The molecule has 1 unspecified atom stereocenters. The molecule has 2 aliphatic heterocycles. The van der Waals surface area contributed by atoms with Crippen molar-refractivity contribution in [3.8, 4) is 0 Å². The standard InChI is InChI=1S/C15H14N2/c1-17-11-5-8-14-15(17)10-9-13(16-14)12-6-3-2-4-7-12/h2-11,15H,1H3. The second kappa shape index (κ2) is 4.06. The maximum absolute atomic E-state index is 4.72. The number of likely N-dealkylation sites (N-methyl/N-ethyl adjacent to an activating group) is 1. The fraction of sp³-hybridized carbons (Fsp3) is 0.133. The van der Waals surface area contributed by atoms with Crippen LogP contribution < -0.4 is 0 Å². The molecule has 0 saturated carbocycles. The van der Waals surface area contributed by atoms with E-state index in [9.17, 15) is 0 Å². The SMILES string of the molecule is CN1C=CC=C2N=C(c3ccccc3)C=CC21. The minimum atomic E-state index is 0.285. The second-order valence-corrected chi connectivity index (χ2v) is 4.27. The summed E-state index contributed by atoms with van der Waals surface area (Å²) in [7, 11) is 2.07. The van der Waals surface area contributed by atoms with Gasteiger partial charge in [-0.2, -0.15) is 0 Å². The van der Waals surface area contributed by atoms with Crippen molar-refractivity contribution in [3.05, 3.63) is 72.1 Å². The first-order chi connectivity index (χ1) is 8.34. The van der Waals surface area contributed by atoms with Crippen LogP contribution in [0.4, 0.5) is 0 Å². The van der Waals surface area contributed by atoms with Crippen LogP contribution >= 0.6 is 0 Å². The average Bonchev–Trinajstić information content (AvgIpc) is 2.40. The molecule has 0 aromatic heterocycles. The van der Waals surface area contributed by atoms with Gasteiger partial charge < -0.3 is 4.90 Å². The van der Waals surface area contributed by atoms with Gasteiger partial charge >= 0.3 is 0 Å². The molecule has 2 aliphatic rings. The largest absolute Gasteiger partial charge is 0.368 e. The maximum atomic E-state index is 4.72. The number of rotatable bonds is 1. The molecular weight excluding hydrogens is 208 g/mol. The maximum Gasteiger partial charge on any atom is 0.0892 e. The lowest BCUT2D eigenvalue weighted by atomic mass is 10.0. The van der Waals surface area contributed by atoms with Crippen LogP contribution in [0.3, 0.4) is 0 Å². The fourth-order valence-electron chi connectivity index (χ4n) is 2.14. The predicted molar refractivity (Wildman–Crippen MR) is 70.9 cm³/mol. The van der Waals surface area contributed by atoms with Crippen molar-refractivity contribution in [1.82, 2.24) is 4.90 Å². The van der Waals surface area contributed by atoms with Crippen molar-refractivity contribution in [1.29, 1.82) is 0 Å². The number of hydrogen-bond donors (Lipinski definition) is 0. The lowest BCUT2D eigenvalue weighted by molar-refractivity contribution is 0.414. The number of aliphatic imine (C=N–C) groups is 1. The average molecular weight is 222 g/mol. The van der Waals surface area contributed by atoms with Gasteiger partial charge in [0.25, 0.3) is 0 Å². The summed E-state index contributed by atoms with van der Waals surface area (Å²) in [6.45, 7) is 0. The highest BCUT2D eigenvalue weighted by Gasteiger charge is 2.20. The van der Waals surface area contributed by atoms with E-state index in [-0.39, 0.29) is 6.04 Å². The highest BCUT2D eigenvalue weighted by molar-refractivity contribution is 6.10. The van der Waals surface area contributed by atoms with E-state index in [2.05, 4.69) is 48.5 Å². The highest BCUT2D eigenvalue weighted by atomic mass is 15.1. The molecule has 2 heterocycles. The van der Waals surface area contributed by atoms with E-state index in [1.807, 2.05) is 24.3 Å². The van der Waals surface area contributed by atoms with Gasteiger partial charge in [-0.3, -0.25) is 4.99 Å². The molecule has 1 aromatic rings. The second-order valence-electron chi connectivity index (χ2n) is 4.27. The molecule has 0 aliphatic carbocycles. The third-order valence-electron chi connectivity index (χ3n) is 3.09. The van der Waals surface area contributed by atoms with Gasteiger partial charge in [-0.1, -0.05) is 36.4 Å². The van der Waals surface area contributed by atoms with Gasteiger partial charge in [0, 0.05) is 12.6 Å². The molecule has 1 aromatic carbocycles. The molecule has 0 radical (unpaired) electrons. The molecule has 84 valence electrons. The van der Waals surface area contributed by atoms with E-state index in [1.165, 1.54) is 5.56 Å². The van der Waals surface area contributed by atoms with E-state index in [1.54, 1.807) is 0 Å². The molecule has 0 fully saturated rings. The van der Waals surface area contributed by atoms with E-state index in [0.29, 0.717) is 0 Å². The third-order valence-corrected chi connectivity index (χ3v) is 3.09. The lowest BCUT2D eigenvalue weighted by Crippen LogP contribution is -2.30. The molecule has 1 atom stereocenters. The molecule has 0 N–H and O–H groups in total. The molecule has 0 spiro atoms. The Kier molecular flexibility index (Phi) is 2.41. The molecule has 0 amide bonds. The van der Waals surface area contributed by atoms with Gasteiger partial charge in [0.2, 0.25) is 0 Å². The third kappa shape index (κ3) is 1.82. The molecule has 2 heteroatoms. The van der Waals surface area contributed by atoms with E-state index in [0.717, 1.165) is 11.4 Å². The Labute approximate surface area is 101 Å². The first-order valence-corrected chi connectivity index (χ1v) is 5.77. The topological polar surface area (TPSA) is 15.6 Å². The number of dihydropyridines is 1. The van der Waals surface area contributed by atoms with Gasteiger partial charge in [-0.05, 0) is 24.4 Å². The van der Waals surface area contributed by atoms with E-state index in [4.69, 9.17) is 4.99 Å². The van der Waals surface area contributed by atoms with Gasteiger partial charge in [-0.15, -0.1) is 0 Å². The number of allylic oxidation sites excluding steroid dienone is 3. The highest BCUT2D eigenvalue weighted by Crippen LogP contribution is 2.22. The first-order valence-electron chi connectivity index (χ1n) is 5.77. The quantitative estimate of drug-likeness (QED) is 0.713. The smallest absolute Gasteiger partial charge is 0.0892 e. The summed E-state index contributed by atoms with van der Waals surface area (Å²) in [6, 6.07) is 10.6. The summed E-state index contributed by atoms with van der Waals surface area (Å²) in [6.07, 6.45) is 10.5. The molecule has 0 saturated heterocycles. The minimum absolute atomic E-state index is 0.285. The van der Waals surface area contributed by atoms with Gasteiger partial charge in [0.1, 0.15) is 0 Å². The van der Waals surface area contributed by atoms with Crippen LogP contribution in [0.15, 0.2) is 71.5 Å². The molecule has 0 bridgehead atoms. The van der Waals surface area contributed by atoms with Crippen LogP contribution in [-0.4, -0.2) is 23.7 Å². The van der Waals surface area contributed by atoms with Crippen LogP contribution in [0, 0.1) is 0 Å². The first kappa shape index (κ1) is 10.1. The Balaban J connectivity index is 1.98. The van der Waals surface area contributed by atoms with Gasteiger partial charge in [0.15, 0.2) is 0 Å². The van der Waals surface area contributed by atoms with E-state index >= 15 is 0 Å². The lowest BCUT2D eigenvalue weighted by Gasteiger charge is -2.29. The fourth-order valence-corrected chi connectivity index (χ4v) is 2.14. The number of nitrogens with zero attached hydrogens (tertiary/aromatic N) is 2. The molecular formula is C15H14N2. The van der Waals surface area contributed by atoms with Crippen molar-refractivity contribution in [2.75, 3.05) is 7.05 Å². The number of hydrogen-bond acceptors (Lipinski definition) is 2. The summed E-state index contributed by atoms with van der Waals surface area (Å²) >= 11 is 0. The predicted octanol–water partition coefficient (Wildman–Crippen LogP) is 2.76. The Bertz CT molecular complexity index is 535. The van der Waals surface area contributed by atoms with Gasteiger partial charge in [0.05, 0.1) is 17.5 Å². The Morgan fingerprint density at radius 3 is 2.82 bits per heavy atom. The zero-order valence-electron chi connectivity index (χ0n) is 9.75. The summed E-state index contributed by atoms with van der Waals surface area (Å²) in [5, 5.41) is 0. The summed E-state index contributed by atoms with van der Waals surface area (Å²) in [5.41, 5.74) is 3.31. The monoisotopic (exact) mass is 222 g/mol. The summed E-state index contributed by atoms with van der Waals surface area (Å²) in [4.78, 5) is 6.89. The molecule has 3 rings (SSSR count). The minimum Gasteiger partial charge on any atom is -0.368 e. The van der Waals surface area contributed by atoms with Crippen molar-refractivity contribution in [2.24, 2.45) is 4.99 Å². The van der Waals surface area contributed by atoms with Crippen LogP contribution in [0.1, 0.15) is 5.56 Å². The van der Waals surface area contributed by atoms with Crippen LogP contribution in [0.2, 0.25) is 0 Å². The Morgan fingerprint density at radius 2 is 2.00 bits per heavy atom. The van der Waals surface area contributed by atoms with Crippen molar-refractivity contribution >= 4 is 5.71 Å².